The number of aromatic hydroxyl groups is 1. The number of ether oxygens (including phenoxy) is 1. The molecule has 1 unspecified atom stereocenters. The molecule has 1 fully saturated rings. The first-order valence-corrected chi connectivity index (χ1v) is 11.5. The highest BCUT2D eigenvalue weighted by atomic mass is 79.9. The summed E-state index contributed by atoms with van der Waals surface area (Å²) in [5.41, 5.74) is 2.25. The molecule has 8 nitrogen and oxygen atoms in total. The van der Waals surface area contributed by atoms with Crippen LogP contribution in [0.3, 0.4) is 0 Å². The van der Waals surface area contributed by atoms with Crippen molar-refractivity contribution in [2.24, 2.45) is 10.2 Å². The van der Waals surface area contributed by atoms with E-state index in [4.69, 9.17) is 16.3 Å². The molecule has 0 saturated carbocycles. The summed E-state index contributed by atoms with van der Waals surface area (Å²) in [5.74, 6) is -0.181. The molecule has 1 aliphatic rings. The third-order valence-electron chi connectivity index (χ3n) is 4.54. The van der Waals surface area contributed by atoms with E-state index in [-0.39, 0.29) is 29.2 Å². The molecule has 2 aromatic rings. The maximum absolute atomic E-state index is 12.5. The Morgan fingerprint density at radius 1 is 1.38 bits per heavy atom. The summed E-state index contributed by atoms with van der Waals surface area (Å²) < 4.78 is 6.05. The number of halogens is 2. The van der Waals surface area contributed by atoms with Crippen LogP contribution in [0.4, 0.5) is 5.69 Å². The summed E-state index contributed by atoms with van der Waals surface area (Å²) in [5, 5.41) is 23.7. The van der Waals surface area contributed by atoms with E-state index in [1.54, 1.807) is 37.3 Å². The monoisotopic (exact) mass is 538 g/mol. The highest BCUT2D eigenvalue weighted by Gasteiger charge is 2.32. The number of nitrogens with zero attached hydrogens (tertiary/aromatic N) is 2. The van der Waals surface area contributed by atoms with E-state index in [1.165, 1.54) is 7.11 Å². The van der Waals surface area contributed by atoms with Crippen LogP contribution in [0, 0.1) is 6.92 Å². The fraction of sp³-hybridized carbons (Fsp3) is 0.238. The zero-order valence-electron chi connectivity index (χ0n) is 17.4. The van der Waals surface area contributed by atoms with Gasteiger partial charge in [-0.3, -0.25) is 9.59 Å². The number of benzene rings is 2. The van der Waals surface area contributed by atoms with Gasteiger partial charge in [0.1, 0.15) is 16.7 Å². The molecule has 1 aliphatic heterocycles. The van der Waals surface area contributed by atoms with Gasteiger partial charge in [-0.2, -0.15) is 5.10 Å². The second-order valence-electron chi connectivity index (χ2n) is 6.90. The minimum Gasteiger partial charge on any atom is -0.507 e. The third kappa shape index (κ3) is 5.81. The van der Waals surface area contributed by atoms with Gasteiger partial charge in [-0.1, -0.05) is 39.3 Å². The fourth-order valence-corrected chi connectivity index (χ4v) is 4.29. The Labute approximate surface area is 202 Å². The minimum atomic E-state index is -0.650. The number of phenolic OH excluding ortho intramolecular Hbond substituents is 1. The number of phenols is 1. The summed E-state index contributed by atoms with van der Waals surface area (Å²) >= 11 is 10.6. The van der Waals surface area contributed by atoms with Crippen molar-refractivity contribution in [2.75, 3.05) is 12.4 Å². The number of rotatable bonds is 6. The van der Waals surface area contributed by atoms with E-state index in [9.17, 15) is 14.7 Å². The van der Waals surface area contributed by atoms with Gasteiger partial charge in [-0.15, -0.1) is 5.10 Å². The zero-order chi connectivity index (χ0) is 23.4. The number of carbonyl (C=O) groups excluding carboxylic acids is 2. The van der Waals surface area contributed by atoms with E-state index < -0.39 is 5.25 Å². The molecule has 32 heavy (non-hydrogen) atoms. The first-order valence-electron chi connectivity index (χ1n) is 9.40. The second-order valence-corrected chi connectivity index (χ2v) is 9.42. The average Bonchev–Trinajstić information content (AvgIpc) is 3.09. The summed E-state index contributed by atoms with van der Waals surface area (Å²) in [6, 6.07) is 8.31. The van der Waals surface area contributed by atoms with Gasteiger partial charge < -0.3 is 20.5 Å². The van der Waals surface area contributed by atoms with Gasteiger partial charge in [0.05, 0.1) is 18.5 Å². The Kier molecular flexibility index (Phi) is 7.81. The van der Waals surface area contributed by atoms with Crippen LogP contribution in [0.15, 0.2) is 45.0 Å². The SMILES string of the molecule is COc1cc(Cl)c(C)cc1NC(=O)CC1SC(=NN=C(C)c2cc(Br)ccc2O)NC1=O. The molecule has 3 rings (SSSR count). The van der Waals surface area contributed by atoms with Gasteiger partial charge in [0.2, 0.25) is 11.8 Å². The van der Waals surface area contributed by atoms with Crippen molar-refractivity contribution in [2.45, 2.75) is 25.5 Å². The van der Waals surface area contributed by atoms with Gasteiger partial charge in [-0.05, 0) is 43.7 Å². The number of carbonyl (C=O) groups is 2. The van der Waals surface area contributed by atoms with Crippen LogP contribution in [0.5, 0.6) is 11.5 Å². The lowest BCUT2D eigenvalue weighted by atomic mass is 10.1. The molecule has 0 radical (unpaired) electrons. The normalized spacial score (nSPS) is 17.4. The first-order chi connectivity index (χ1) is 15.2. The molecule has 2 aromatic carbocycles. The van der Waals surface area contributed by atoms with Gasteiger partial charge in [-0.25, -0.2) is 0 Å². The molecule has 168 valence electrons. The second kappa shape index (κ2) is 10.4. The van der Waals surface area contributed by atoms with Crippen molar-refractivity contribution >= 4 is 67.7 Å². The van der Waals surface area contributed by atoms with E-state index >= 15 is 0 Å². The molecular formula is C21H20BrClN4O4S. The molecule has 1 atom stereocenters. The number of methoxy groups -OCH3 is 1. The van der Waals surface area contributed by atoms with Crippen LogP contribution >= 0.6 is 39.3 Å². The van der Waals surface area contributed by atoms with E-state index in [0.29, 0.717) is 27.7 Å². The Bertz CT molecular complexity index is 1140. The van der Waals surface area contributed by atoms with Crippen LogP contribution in [-0.4, -0.2) is 40.2 Å². The summed E-state index contributed by atoms with van der Waals surface area (Å²) in [6.07, 6.45) is -0.0601. The maximum Gasteiger partial charge on any atom is 0.240 e. The Morgan fingerprint density at radius 3 is 2.84 bits per heavy atom. The van der Waals surface area contributed by atoms with Crippen molar-refractivity contribution in [3.05, 3.63) is 51.0 Å². The Balaban J connectivity index is 1.66. The molecule has 11 heteroatoms. The molecule has 1 heterocycles. The summed E-state index contributed by atoms with van der Waals surface area (Å²) in [7, 11) is 1.48. The van der Waals surface area contributed by atoms with Crippen molar-refractivity contribution in [3.8, 4) is 11.5 Å². The minimum absolute atomic E-state index is 0.0601. The molecule has 0 aliphatic carbocycles. The number of aryl methyl sites for hydroxylation is 1. The fourth-order valence-electron chi connectivity index (χ4n) is 2.86. The number of amidine groups is 1. The number of nitrogens with one attached hydrogen (secondary N) is 2. The molecule has 0 aromatic heterocycles. The molecule has 3 N–H and O–H groups in total. The van der Waals surface area contributed by atoms with Crippen LogP contribution in [-0.2, 0) is 9.59 Å². The molecular weight excluding hydrogens is 520 g/mol. The van der Waals surface area contributed by atoms with Crippen LogP contribution in [0.25, 0.3) is 0 Å². The number of thioether (sulfide) groups is 1. The Hall–Kier alpha value is -2.56. The van der Waals surface area contributed by atoms with Gasteiger partial charge in [0, 0.05) is 27.5 Å². The molecule has 0 spiro atoms. The smallest absolute Gasteiger partial charge is 0.240 e. The molecule has 1 saturated heterocycles. The van der Waals surface area contributed by atoms with Crippen molar-refractivity contribution in [1.82, 2.24) is 5.32 Å². The lowest BCUT2D eigenvalue weighted by Gasteiger charge is -2.13. The lowest BCUT2D eigenvalue weighted by molar-refractivity contribution is -0.122. The highest BCUT2D eigenvalue weighted by Crippen LogP contribution is 2.32. The summed E-state index contributed by atoms with van der Waals surface area (Å²) in [4.78, 5) is 24.8. The summed E-state index contributed by atoms with van der Waals surface area (Å²) in [6.45, 7) is 3.51. The van der Waals surface area contributed by atoms with E-state index in [2.05, 4.69) is 36.8 Å². The van der Waals surface area contributed by atoms with Gasteiger partial charge in [0.15, 0.2) is 5.17 Å². The number of hydrogen-bond donors (Lipinski definition) is 3. The first kappa shape index (κ1) is 24.1. The van der Waals surface area contributed by atoms with Crippen molar-refractivity contribution in [1.29, 1.82) is 0 Å². The van der Waals surface area contributed by atoms with Crippen LogP contribution in [0.2, 0.25) is 5.02 Å². The average molecular weight is 540 g/mol. The van der Waals surface area contributed by atoms with E-state index in [1.807, 2.05) is 6.92 Å². The third-order valence-corrected chi connectivity index (χ3v) is 6.51. The number of amides is 2. The quantitative estimate of drug-likeness (QED) is 0.370. The van der Waals surface area contributed by atoms with Crippen LogP contribution in [0.1, 0.15) is 24.5 Å². The molecule has 2 amide bonds. The number of anilines is 1. The zero-order valence-corrected chi connectivity index (χ0v) is 20.6. The van der Waals surface area contributed by atoms with Crippen LogP contribution < -0.4 is 15.4 Å². The number of hydrogen-bond acceptors (Lipinski definition) is 7. The molecule has 0 bridgehead atoms. The van der Waals surface area contributed by atoms with E-state index in [0.717, 1.165) is 21.8 Å². The largest absolute Gasteiger partial charge is 0.507 e. The van der Waals surface area contributed by atoms with Crippen molar-refractivity contribution in [3.63, 3.8) is 0 Å². The Morgan fingerprint density at radius 2 is 2.12 bits per heavy atom. The van der Waals surface area contributed by atoms with Gasteiger partial charge in [0.25, 0.3) is 0 Å². The predicted octanol–water partition coefficient (Wildman–Crippen LogP) is 4.47. The maximum atomic E-state index is 12.5. The van der Waals surface area contributed by atoms with Gasteiger partial charge >= 0.3 is 0 Å². The standard InChI is InChI=1S/C21H20BrClN4O4S/c1-10-6-15(17(31-3)8-14(10)23)24-19(29)9-18-20(30)25-21(32-18)27-26-11(2)13-7-12(22)4-5-16(13)28/h4-8,18,28H,9H2,1-3H3,(H,24,29)(H,25,27,30). The van der Waals surface area contributed by atoms with Crippen molar-refractivity contribution < 1.29 is 19.4 Å². The topological polar surface area (TPSA) is 112 Å². The highest BCUT2D eigenvalue weighted by molar-refractivity contribution is 9.10. The predicted molar refractivity (Wildman–Crippen MR) is 131 cm³/mol. The lowest BCUT2D eigenvalue weighted by Crippen LogP contribution is -2.28.